The number of methoxy groups -OCH3 is 2. The average molecular weight is 263 g/mol. The number of nitriles is 1. The largest absolute Gasteiger partial charge is 0.497 e. The number of hydrogen-bond acceptors (Lipinski definition) is 4. The minimum atomic E-state index is 0.192. The zero-order chi connectivity index (χ0) is 13.3. The molecule has 1 aromatic carbocycles. The van der Waals surface area contributed by atoms with Crippen LogP contribution >= 0.6 is 11.6 Å². The van der Waals surface area contributed by atoms with Crippen molar-refractivity contribution in [1.29, 1.82) is 5.26 Å². The van der Waals surface area contributed by atoms with Crippen molar-refractivity contribution in [2.45, 2.75) is 6.92 Å². The first kappa shape index (κ1) is 12.5. The van der Waals surface area contributed by atoms with E-state index in [1.54, 1.807) is 26.4 Å². The van der Waals surface area contributed by atoms with E-state index in [1.165, 1.54) is 0 Å². The number of benzene rings is 1. The third kappa shape index (κ3) is 1.83. The third-order valence-corrected chi connectivity index (χ3v) is 3.07. The van der Waals surface area contributed by atoms with Gasteiger partial charge >= 0.3 is 0 Å². The predicted octanol–water partition coefficient (Wildman–Crippen LogP) is 3.09. The maximum atomic E-state index is 9.08. The van der Waals surface area contributed by atoms with E-state index in [9.17, 15) is 0 Å². The van der Waals surface area contributed by atoms with E-state index in [0.717, 1.165) is 10.9 Å². The lowest BCUT2D eigenvalue weighted by Crippen LogP contribution is -1.96. The lowest BCUT2D eigenvalue weighted by Gasteiger charge is -2.12. The first-order valence-corrected chi connectivity index (χ1v) is 5.62. The molecule has 0 aliphatic rings. The maximum Gasteiger partial charge on any atom is 0.147 e. The lowest BCUT2D eigenvalue weighted by atomic mass is 10.0. The molecule has 0 spiro atoms. The van der Waals surface area contributed by atoms with Gasteiger partial charge in [0.2, 0.25) is 0 Å². The molecule has 0 aliphatic heterocycles. The van der Waals surface area contributed by atoms with Gasteiger partial charge in [-0.05, 0) is 12.5 Å². The van der Waals surface area contributed by atoms with Crippen molar-refractivity contribution < 1.29 is 9.47 Å². The van der Waals surface area contributed by atoms with Crippen molar-refractivity contribution in [3.63, 3.8) is 0 Å². The Morgan fingerprint density at radius 3 is 2.56 bits per heavy atom. The molecule has 2 rings (SSSR count). The van der Waals surface area contributed by atoms with Gasteiger partial charge in [0.25, 0.3) is 0 Å². The number of fused-ring (bicyclic) bond motifs is 1. The quantitative estimate of drug-likeness (QED) is 0.781. The highest BCUT2D eigenvalue weighted by Crippen LogP contribution is 2.35. The Bertz CT molecular complexity index is 662. The summed E-state index contributed by atoms with van der Waals surface area (Å²) in [6.07, 6.45) is 0. The second kappa shape index (κ2) is 4.71. The molecule has 4 nitrogen and oxygen atoms in total. The number of aromatic nitrogens is 1. The Hall–Kier alpha value is -1.99. The van der Waals surface area contributed by atoms with Crippen LogP contribution in [0.15, 0.2) is 12.1 Å². The van der Waals surface area contributed by atoms with Crippen LogP contribution in [0, 0.1) is 18.3 Å². The standard InChI is InChI=1S/C13H11ClN2O2/c1-7-9(6-15)13(14)16-10-4-8(17-2)5-11(18-3)12(7)10/h4-5H,1-3H3. The Morgan fingerprint density at radius 2 is 2.00 bits per heavy atom. The third-order valence-electron chi connectivity index (χ3n) is 2.80. The highest BCUT2D eigenvalue weighted by molar-refractivity contribution is 6.31. The SMILES string of the molecule is COc1cc(OC)c2c(C)c(C#N)c(Cl)nc2c1. The summed E-state index contributed by atoms with van der Waals surface area (Å²) in [6, 6.07) is 5.57. The van der Waals surface area contributed by atoms with E-state index in [4.69, 9.17) is 26.3 Å². The summed E-state index contributed by atoms with van der Waals surface area (Å²) in [7, 11) is 3.13. The second-order valence-corrected chi connectivity index (χ2v) is 4.10. The monoisotopic (exact) mass is 262 g/mol. The molecular weight excluding hydrogens is 252 g/mol. The number of pyridine rings is 1. The molecule has 1 aromatic heterocycles. The molecule has 0 fully saturated rings. The summed E-state index contributed by atoms with van der Waals surface area (Å²) in [5, 5.41) is 10.1. The summed E-state index contributed by atoms with van der Waals surface area (Å²) in [6.45, 7) is 1.82. The zero-order valence-electron chi connectivity index (χ0n) is 10.2. The molecule has 5 heteroatoms. The minimum absolute atomic E-state index is 0.192. The molecule has 2 aromatic rings. The van der Waals surface area contributed by atoms with Crippen molar-refractivity contribution >= 4 is 22.5 Å². The molecular formula is C13H11ClN2O2. The molecule has 0 saturated heterocycles. The molecule has 0 unspecified atom stereocenters. The van der Waals surface area contributed by atoms with Gasteiger partial charge in [-0.15, -0.1) is 0 Å². The van der Waals surface area contributed by atoms with Crippen LogP contribution < -0.4 is 9.47 Å². The molecule has 0 aliphatic carbocycles. The summed E-state index contributed by atoms with van der Waals surface area (Å²) in [5.41, 5.74) is 1.77. The van der Waals surface area contributed by atoms with E-state index >= 15 is 0 Å². The topological polar surface area (TPSA) is 55.1 Å². The summed E-state index contributed by atoms with van der Waals surface area (Å²) in [5.74, 6) is 1.24. The summed E-state index contributed by atoms with van der Waals surface area (Å²) < 4.78 is 10.5. The van der Waals surface area contributed by atoms with E-state index < -0.39 is 0 Å². The van der Waals surface area contributed by atoms with Crippen LogP contribution in [-0.4, -0.2) is 19.2 Å². The van der Waals surface area contributed by atoms with Crippen LogP contribution in [-0.2, 0) is 0 Å². The van der Waals surface area contributed by atoms with Gasteiger partial charge in [0, 0.05) is 17.5 Å². The van der Waals surface area contributed by atoms with E-state index in [0.29, 0.717) is 22.6 Å². The predicted molar refractivity (Wildman–Crippen MR) is 69.3 cm³/mol. The number of rotatable bonds is 2. The van der Waals surface area contributed by atoms with Gasteiger partial charge in [-0.1, -0.05) is 11.6 Å². The molecule has 0 amide bonds. The fourth-order valence-corrected chi connectivity index (χ4v) is 2.17. The van der Waals surface area contributed by atoms with Crippen LogP contribution in [0.2, 0.25) is 5.15 Å². The van der Waals surface area contributed by atoms with Crippen LogP contribution in [0.5, 0.6) is 11.5 Å². The first-order chi connectivity index (χ1) is 8.62. The van der Waals surface area contributed by atoms with E-state index in [1.807, 2.05) is 6.92 Å². The van der Waals surface area contributed by atoms with Crippen molar-refractivity contribution in [3.05, 3.63) is 28.4 Å². The molecule has 0 bridgehead atoms. The van der Waals surface area contributed by atoms with Gasteiger partial charge in [-0.3, -0.25) is 0 Å². The summed E-state index contributed by atoms with van der Waals surface area (Å²) >= 11 is 5.98. The highest BCUT2D eigenvalue weighted by atomic mass is 35.5. The second-order valence-electron chi connectivity index (χ2n) is 3.74. The number of aryl methyl sites for hydroxylation is 1. The molecule has 18 heavy (non-hydrogen) atoms. The van der Waals surface area contributed by atoms with E-state index in [2.05, 4.69) is 11.1 Å². The normalized spacial score (nSPS) is 10.2. The Balaban J connectivity index is 2.93. The summed E-state index contributed by atoms with van der Waals surface area (Å²) in [4.78, 5) is 4.21. The van der Waals surface area contributed by atoms with E-state index in [-0.39, 0.29) is 5.15 Å². The average Bonchev–Trinajstić information content (AvgIpc) is 2.37. The van der Waals surface area contributed by atoms with Crippen molar-refractivity contribution in [2.75, 3.05) is 14.2 Å². The maximum absolute atomic E-state index is 9.08. The lowest BCUT2D eigenvalue weighted by molar-refractivity contribution is 0.397. The molecule has 92 valence electrons. The molecule has 0 radical (unpaired) electrons. The Kier molecular flexibility index (Phi) is 3.26. The minimum Gasteiger partial charge on any atom is -0.497 e. The number of nitrogens with zero attached hydrogens (tertiary/aromatic N) is 2. The van der Waals surface area contributed by atoms with Crippen molar-refractivity contribution in [1.82, 2.24) is 4.98 Å². The van der Waals surface area contributed by atoms with Gasteiger partial charge in [0.15, 0.2) is 0 Å². The number of halogens is 1. The van der Waals surface area contributed by atoms with Gasteiger partial charge in [-0.25, -0.2) is 4.98 Å². The zero-order valence-corrected chi connectivity index (χ0v) is 11.0. The first-order valence-electron chi connectivity index (χ1n) is 5.24. The fraction of sp³-hybridized carbons (Fsp3) is 0.231. The molecule has 0 saturated carbocycles. The molecule has 0 atom stereocenters. The smallest absolute Gasteiger partial charge is 0.147 e. The van der Waals surface area contributed by atoms with Crippen LogP contribution in [0.1, 0.15) is 11.1 Å². The Labute approximate surface area is 110 Å². The molecule has 0 N–H and O–H groups in total. The van der Waals surface area contributed by atoms with Crippen molar-refractivity contribution in [2.24, 2.45) is 0 Å². The molecule has 1 heterocycles. The van der Waals surface area contributed by atoms with Crippen molar-refractivity contribution in [3.8, 4) is 17.6 Å². The van der Waals surface area contributed by atoms with Crippen LogP contribution in [0.25, 0.3) is 10.9 Å². The van der Waals surface area contributed by atoms with Gasteiger partial charge in [0.05, 0.1) is 25.3 Å². The Morgan fingerprint density at radius 1 is 1.28 bits per heavy atom. The number of ether oxygens (including phenoxy) is 2. The van der Waals surface area contributed by atoms with Gasteiger partial charge < -0.3 is 9.47 Å². The highest BCUT2D eigenvalue weighted by Gasteiger charge is 2.15. The van der Waals surface area contributed by atoms with Gasteiger partial charge in [0.1, 0.15) is 22.7 Å². The fourth-order valence-electron chi connectivity index (χ4n) is 1.89. The van der Waals surface area contributed by atoms with Gasteiger partial charge in [-0.2, -0.15) is 5.26 Å². The van der Waals surface area contributed by atoms with Crippen LogP contribution in [0.4, 0.5) is 0 Å². The van der Waals surface area contributed by atoms with Crippen LogP contribution in [0.3, 0.4) is 0 Å². The number of hydrogen-bond donors (Lipinski definition) is 0.